The maximum Gasteiger partial charge on any atom is 0.265 e. The number of ether oxygens (including phenoxy) is 2. The van der Waals surface area contributed by atoms with Gasteiger partial charge in [0.2, 0.25) is 0 Å². The minimum absolute atomic E-state index is 0.0198. The van der Waals surface area contributed by atoms with Crippen molar-refractivity contribution in [3.63, 3.8) is 0 Å². The van der Waals surface area contributed by atoms with E-state index in [2.05, 4.69) is 12.1 Å². The largest absolute Gasteiger partial charge is 0.482 e. The van der Waals surface area contributed by atoms with Gasteiger partial charge >= 0.3 is 0 Å². The number of benzene rings is 1. The highest BCUT2D eigenvalue weighted by Gasteiger charge is 2.27. The average Bonchev–Trinajstić information content (AvgIpc) is 2.67. The molecular formula is C15H19BN2O3. The maximum absolute atomic E-state index is 12.1. The molecule has 2 aliphatic rings. The molecular weight excluding hydrogens is 267 g/mol. The third kappa shape index (κ3) is 2.92. The van der Waals surface area contributed by atoms with Crippen LogP contribution in [0.4, 0.5) is 5.69 Å². The van der Waals surface area contributed by atoms with E-state index in [4.69, 9.17) is 17.5 Å². The van der Waals surface area contributed by atoms with Crippen molar-refractivity contribution in [1.82, 2.24) is 4.81 Å². The maximum atomic E-state index is 12.1. The summed E-state index contributed by atoms with van der Waals surface area (Å²) in [5, 5.41) is 0. The van der Waals surface area contributed by atoms with Gasteiger partial charge in [-0.15, -0.1) is 0 Å². The van der Waals surface area contributed by atoms with Gasteiger partial charge in [0.15, 0.2) is 14.6 Å². The van der Waals surface area contributed by atoms with Crippen molar-refractivity contribution in [1.29, 1.82) is 0 Å². The van der Waals surface area contributed by atoms with Crippen molar-refractivity contribution in [2.24, 2.45) is 0 Å². The normalized spacial score (nSPS) is 18.7. The second-order valence-corrected chi connectivity index (χ2v) is 5.45. The zero-order valence-electron chi connectivity index (χ0n) is 12.3. The van der Waals surface area contributed by atoms with Crippen molar-refractivity contribution in [2.45, 2.75) is 12.8 Å². The van der Waals surface area contributed by atoms with Gasteiger partial charge in [0.05, 0.1) is 12.3 Å². The summed E-state index contributed by atoms with van der Waals surface area (Å²) in [6, 6.07) is 4.15. The van der Waals surface area contributed by atoms with E-state index >= 15 is 0 Å². The molecule has 0 saturated heterocycles. The molecule has 5 nitrogen and oxygen atoms in total. The average molecular weight is 286 g/mol. The fourth-order valence-corrected chi connectivity index (χ4v) is 2.87. The number of hydrogen-bond acceptors (Lipinski definition) is 4. The van der Waals surface area contributed by atoms with E-state index in [-0.39, 0.29) is 12.5 Å². The van der Waals surface area contributed by atoms with Crippen LogP contribution in [0.2, 0.25) is 0 Å². The topological polar surface area (TPSA) is 42.0 Å². The van der Waals surface area contributed by atoms with Crippen molar-refractivity contribution >= 4 is 19.6 Å². The van der Waals surface area contributed by atoms with Crippen LogP contribution in [0.25, 0.3) is 0 Å². The van der Waals surface area contributed by atoms with Gasteiger partial charge in [-0.25, -0.2) is 0 Å². The van der Waals surface area contributed by atoms with Gasteiger partial charge in [0.1, 0.15) is 5.75 Å². The molecule has 0 fully saturated rings. The van der Waals surface area contributed by atoms with Gasteiger partial charge in [0, 0.05) is 13.7 Å². The molecule has 3 rings (SSSR count). The summed E-state index contributed by atoms with van der Waals surface area (Å²) < 4.78 is 10.7. The third-order valence-corrected chi connectivity index (χ3v) is 4.08. The molecule has 2 radical (unpaired) electrons. The summed E-state index contributed by atoms with van der Waals surface area (Å²) >= 11 is 0. The Labute approximate surface area is 126 Å². The second-order valence-electron chi connectivity index (χ2n) is 5.45. The molecule has 0 unspecified atom stereocenters. The predicted octanol–water partition coefficient (Wildman–Crippen LogP) is 0.542. The molecule has 0 spiro atoms. The summed E-state index contributed by atoms with van der Waals surface area (Å²) in [6.45, 7) is 2.83. The first-order chi connectivity index (χ1) is 10.2. The van der Waals surface area contributed by atoms with E-state index in [1.54, 1.807) is 12.0 Å². The minimum Gasteiger partial charge on any atom is -0.482 e. The van der Waals surface area contributed by atoms with Gasteiger partial charge < -0.3 is 19.2 Å². The van der Waals surface area contributed by atoms with Crippen LogP contribution in [0, 0.1) is 0 Å². The smallest absolute Gasteiger partial charge is 0.265 e. The highest BCUT2D eigenvalue weighted by molar-refractivity contribution is 6.04. The first kappa shape index (κ1) is 14.4. The van der Waals surface area contributed by atoms with E-state index < -0.39 is 0 Å². The number of anilines is 1. The number of carbonyl (C=O) groups is 1. The molecule has 0 atom stereocenters. The summed E-state index contributed by atoms with van der Waals surface area (Å²) in [4.78, 5) is 15.7. The standard InChI is InChI=1S/C15H19BN2O3/c1-20-7-6-18-13-8-11-2-4-17(16)5-3-12(11)9-14(13)21-10-15(18)19/h8-9H,2-7,10H2,1H3. The molecule has 1 aromatic carbocycles. The SMILES string of the molecule is [B]N1CCc2cc3c(cc2CC1)N(CCOC)C(=O)CO3. The van der Waals surface area contributed by atoms with Crippen LogP contribution in [0.1, 0.15) is 11.1 Å². The number of rotatable bonds is 3. The lowest BCUT2D eigenvalue weighted by atomic mass is 10.0. The van der Waals surface area contributed by atoms with Crippen molar-refractivity contribution in [2.75, 3.05) is 44.9 Å². The van der Waals surface area contributed by atoms with Crippen LogP contribution in [0.3, 0.4) is 0 Å². The van der Waals surface area contributed by atoms with Crippen LogP contribution in [0.15, 0.2) is 12.1 Å². The Kier molecular flexibility index (Phi) is 4.17. The molecule has 0 saturated carbocycles. The van der Waals surface area contributed by atoms with Crippen molar-refractivity contribution < 1.29 is 14.3 Å². The Morgan fingerprint density at radius 3 is 2.71 bits per heavy atom. The highest BCUT2D eigenvalue weighted by Crippen LogP contribution is 2.36. The Morgan fingerprint density at radius 2 is 2.00 bits per heavy atom. The lowest BCUT2D eigenvalue weighted by molar-refractivity contribution is -0.121. The lowest BCUT2D eigenvalue weighted by Crippen LogP contribution is -2.40. The molecule has 2 heterocycles. The molecule has 0 N–H and O–H groups in total. The first-order valence-electron chi connectivity index (χ1n) is 7.26. The van der Waals surface area contributed by atoms with E-state index in [1.807, 2.05) is 4.81 Å². The van der Waals surface area contributed by atoms with Crippen molar-refractivity contribution in [3.05, 3.63) is 23.3 Å². The molecule has 1 aromatic rings. The summed E-state index contributed by atoms with van der Waals surface area (Å²) in [5.74, 6) is 0.767. The highest BCUT2D eigenvalue weighted by atomic mass is 16.5. The summed E-state index contributed by atoms with van der Waals surface area (Å²) in [7, 11) is 7.54. The Balaban J connectivity index is 1.94. The minimum atomic E-state index is -0.0198. The summed E-state index contributed by atoms with van der Waals surface area (Å²) in [6.07, 6.45) is 1.81. The zero-order chi connectivity index (χ0) is 14.8. The van der Waals surface area contributed by atoms with Crippen LogP contribution in [-0.2, 0) is 22.4 Å². The van der Waals surface area contributed by atoms with Crippen LogP contribution in [0.5, 0.6) is 5.75 Å². The fraction of sp³-hybridized carbons (Fsp3) is 0.533. The van der Waals surface area contributed by atoms with Crippen LogP contribution >= 0.6 is 0 Å². The predicted molar refractivity (Wildman–Crippen MR) is 80.9 cm³/mol. The number of nitrogens with zero attached hydrogens (tertiary/aromatic N) is 2. The lowest BCUT2D eigenvalue weighted by Gasteiger charge is -2.30. The van der Waals surface area contributed by atoms with Gasteiger partial charge in [-0.05, 0) is 49.2 Å². The van der Waals surface area contributed by atoms with Crippen molar-refractivity contribution in [3.8, 4) is 5.75 Å². The number of carbonyl (C=O) groups excluding carboxylic acids is 1. The Bertz CT molecular complexity index is 550. The van der Waals surface area contributed by atoms with Gasteiger partial charge in [-0.3, -0.25) is 4.79 Å². The van der Waals surface area contributed by atoms with E-state index in [9.17, 15) is 4.79 Å². The molecule has 0 bridgehead atoms. The zero-order valence-corrected chi connectivity index (χ0v) is 12.3. The molecule has 0 aromatic heterocycles. The third-order valence-electron chi connectivity index (χ3n) is 4.08. The van der Waals surface area contributed by atoms with Gasteiger partial charge in [-0.2, -0.15) is 0 Å². The summed E-state index contributed by atoms with van der Waals surface area (Å²) in [5.41, 5.74) is 3.37. The number of amides is 1. The Morgan fingerprint density at radius 1 is 1.29 bits per heavy atom. The van der Waals surface area contributed by atoms with E-state index in [1.165, 1.54) is 11.1 Å². The molecule has 0 aliphatic carbocycles. The van der Waals surface area contributed by atoms with Crippen LogP contribution < -0.4 is 9.64 Å². The number of methoxy groups -OCH3 is 1. The molecule has 1 amide bonds. The van der Waals surface area contributed by atoms with E-state index in [0.29, 0.717) is 13.2 Å². The van der Waals surface area contributed by atoms with E-state index in [0.717, 1.165) is 37.4 Å². The number of hydrogen-bond donors (Lipinski definition) is 0. The fourth-order valence-electron chi connectivity index (χ4n) is 2.87. The first-order valence-corrected chi connectivity index (χ1v) is 7.26. The molecule has 21 heavy (non-hydrogen) atoms. The van der Waals surface area contributed by atoms with Gasteiger partial charge in [0.25, 0.3) is 5.91 Å². The number of fused-ring (bicyclic) bond motifs is 2. The van der Waals surface area contributed by atoms with Crippen LogP contribution in [-0.4, -0.2) is 58.7 Å². The monoisotopic (exact) mass is 286 g/mol. The van der Waals surface area contributed by atoms with Gasteiger partial charge in [-0.1, -0.05) is 0 Å². The second kappa shape index (κ2) is 6.07. The Hall–Kier alpha value is -1.53. The molecule has 110 valence electrons. The molecule has 2 aliphatic heterocycles. The molecule has 6 heteroatoms. The quantitative estimate of drug-likeness (QED) is 0.761.